The van der Waals surface area contributed by atoms with Crippen LogP contribution in [0.3, 0.4) is 0 Å². The number of carbonyl (C=O) groups excluding carboxylic acids is 2. The molecule has 1 saturated heterocycles. The van der Waals surface area contributed by atoms with Crippen LogP contribution in [0.2, 0.25) is 0 Å². The molecule has 3 aromatic rings. The number of nitrogens with one attached hydrogen (secondary N) is 1. The highest BCUT2D eigenvalue weighted by Gasteiger charge is 2.21. The molecule has 1 N–H and O–H groups in total. The maximum Gasteiger partial charge on any atom is 0.255 e. The summed E-state index contributed by atoms with van der Waals surface area (Å²) in [7, 11) is 0. The number of nitrogens with zero attached hydrogens (tertiary/aromatic N) is 3. The van der Waals surface area contributed by atoms with E-state index in [9.17, 15) is 9.59 Å². The van der Waals surface area contributed by atoms with Gasteiger partial charge in [0, 0.05) is 35.5 Å². The van der Waals surface area contributed by atoms with Crippen LogP contribution in [0.5, 0.6) is 0 Å². The topological polar surface area (TPSA) is 88.3 Å². The fourth-order valence-corrected chi connectivity index (χ4v) is 2.95. The van der Waals surface area contributed by atoms with E-state index in [2.05, 4.69) is 15.5 Å². The average Bonchev–Trinajstić information content (AvgIpc) is 3.34. The molecule has 1 fully saturated rings. The van der Waals surface area contributed by atoms with Gasteiger partial charge in [-0.15, -0.1) is 0 Å². The highest BCUT2D eigenvalue weighted by molar-refractivity contribution is 6.05. The van der Waals surface area contributed by atoms with E-state index in [0.717, 1.165) is 18.7 Å². The van der Waals surface area contributed by atoms with Crippen molar-refractivity contribution in [2.45, 2.75) is 12.8 Å². The van der Waals surface area contributed by atoms with Crippen molar-refractivity contribution in [2.75, 3.05) is 16.8 Å². The number of amides is 2. The van der Waals surface area contributed by atoms with Crippen LogP contribution >= 0.6 is 0 Å². The molecule has 2 amide bonds. The lowest BCUT2D eigenvalue weighted by atomic mass is 10.1. The van der Waals surface area contributed by atoms with Crippen molar-refractivity contribution >= 4 is 23.2 Å². The average molecular weight is 348 g/mol. The van der Waals surface area contributed by atoms with Gasteiger partial charge in [0.25, 0.3) is 5.91 Å². The Balaban J connectivity index is 1.48. The first-order chi connectivity index (χ1) is 12.7. The molecule has 1 aliphatic heterocycles. The van der Waals surface area contributed by atoms with Gasteiger partial charge in [0.15, 0.2) is 0 Å². The minimum atomic E-state index is -0.236. The number of anilines is 2. The minimum absolute atomic E-state index is 0.139. The standard InChI is InChI=1S/C19H16N4O3/c24-17-5-2-10-23(17)16-8-6-15(7-9-16)21-19(25)14-4-1-3-13(11-14)18-20-12-26-22-18/h1,3-4,6-9,11-12H,2,5,10H2,(H,21,25). The molecule has 0 aliphatic carbocycles. The summed E-state index contributed by atoms with van der Waals surface area (Å²) in [5.41, 5.74) is 2.71. The zero-order valence-corrected chi connectivity index (χ0v) is 13.9. The lowest BCUT2D eigenvalue weighted by Gasteiger charge is -2.16. The fraction of sp³-hybridized carbons (Fsp3) is 0.158. The van der Waals surface area contributed by atoms with Crippen molar-refractivity contribution in [3.8, 4) is 11.4 Å². The second kappa shape index (κ2) is 6.79. The molecule has 2 heterocycles. The van der Waals surface area contributed by atoms with E-state index in [-0.39, 0.29) is 11.8 Å². The van der Waals surface area contributed by atoms with Gasteiger partial charge in [-0.05, 0) is 42.8 Å². The predicted molar refractivity (Wildman–Crippen MR) is 95.7 cm³/mol. The molecule has 4 rings (SSSR count). The Bertz CT molecular complexity index is 936. The highest BCUT2D eigenvalue weighted by atomic mass is 16.5. The number of rotatable bonds is 4. The molecule has 0 atom stereocenters. The van der Waals surface area contributed by atoms with Crippen molar-refractivity contribution in [3.63, 3.8) is 0 Å². The van der Waals surface area contributed by atoms with Crippen LogP contribution in [0, 0.1) is 0 Å². The lowest BCUT2D eigenvalue weighted by Crippen LogP contribution is -2.23. The van der Waals surface area contributed by atoms with Gasteiger partial charge >= 0.3 is 0 Å². The van der Waals surface area contributed by atoms with Crippen molar-refractivity contribution in [3.05, 3.63) is 60.5 Å². The predicted octanol–water partition coefficient (Wildman–Crippen LogP) is 3.12. The van der Waals surface area contributed by atoms with Crippen molar-refractivity contribution < 1.29 is 14.1 Å². The van der Waals surface area contributed by atoms with Crippen LogP contribution in [0.25, 0.3) is 11.4 Å². The summed E-state index contributed by atoms with van der Waals surface area (Å²) < 4.78 is 4.74. The molecule has 0 saturated carbocycles. The van der Waals surface area contributed by atoms with E-state index in [0.29, 0.717) is 29.1 Å². The molecule has 0 spiro atoms. The summed E-state index contributed by atoms with van der Waals surface area (Å²) >= 11 is 0. The molecule has 0 unspecified atom stereocenters. The molecular weight excluding hydrogens is 332 g/mol. The Morgan fingerprint density at radius 3 is 2.69 bits per heavy atom. The maximum atomic E-state index is 12.5. The van der Waals surface area contributed by atoms with E-state index in [1.54, 1.807) is 35.2 Å². The third-order valence-electron chi connectivity index (χ3n) is 4.25. The van der Waals surface area contributed by atoms with Gasteiger partial charge in [0.1, 0.15) is 0 Å². The molecule has 7 nitrogen and oxygen atoms in total. The van der Waals surface area contributed by atoms with E-state index in [1.165, 1.54) is 6.39 Å². The van der Waals surface area contributed by atoms with E-state index in [1.807, 2.05) is 18.2 Å². The zero-order chi connectivity index (χ0) is 17.9. The molecule has 26 heavy (non-hydrogen) atoms. The Morgan fingerprint density at radius 2 is 2.00 bits per heavy atom. The second-order valence-electron chi connectivity index (χ2n) is 5.99. The first kappa shape index (κ1) is 16.0. The van der Waals surface area contributed by atoms with Gasteiger partial charge in [-0.1, -0.05) is 17.3 Å². The first-order valence-electron chi connectivity index (χ1n) is 8.29. The number of aromatic nitrogens is 2. The number of hydrogen-bond acceptors (Lipinski definition) is 5. The van der Waals surface area contributed by atoms with Crippen LogP contribution in [-0.2, 0) is 4.79 Å². The van der Waals surface area contributed by atoms with Crippen LogP contribution in [0.4, 0.5) is 11.4 Å². The summed E-state index contributed by atoms with van der Waals surface area (Å²) in [6.07, 6.45) is 2.72. The fourth-order valence-electron chi connectivity index (χ4n) is 2.95. The number of hydrogen-bond donors (Lipinski definition) is 1. The largest absolute Gasteiger partial charge is 0.342 e. The van der Waals surface area contributed by atoms with Gasteiger partial charge in [-0.25, -0.2) is 0 Å². The first-order valence-corrected chi connectivity index (χ1v) is 8.29. The van der Waals surface area contributed by atoms with Crippen LogP contribution in [-0.4, -0.2) is 28.5 Å². The van der Waals surface area contributed by atoms with Crippen molar-refractivity contribution in [1.82, 2.24) is 10.1 Å². The molecule has 7 heteroatoms. The van der Waals surface area contributed by atoms with Crippen LogP contribution < -0.4 is 10.2 Å². The quantitative estimate of drug-likeness (QED) is 0.782. The molecule has 130 valence electrons. The number of benzene rings is 2. The van der Waals surface area contributed by atoms with Crippen LogP contribution in [0.1, 0.15) is 23.2 Å². The maximum absolute atomic E-state index is 12.5. The van der Waals surface area contributed by atoms with E-state index < -0.39 is 0 Å². The molecule has 0 radical (unpaired) electrons. The Kier molecular flexibility index (Phi) is 4.18. The molecule has 1 aliphatic rings. The smallest absolute Gasteiger partial charge is 0.255 e. The highest BCUT2D eigenvalue weighted by Crippen LogP contribution is 2.23. The van der Waals surface area contributed by atoms with Gasteiger partial charge in [-0.2, -0.15) is 4.98 Å². The van der Waals surface area contributed by atoms with Crippen molar-refractivity contribution in [1.29, 1.82) is 0 Å². The van der Waals surface area contributed by atoms with Gasteiger partial charge in [-0.3, -0.25) is 9.59 Å². The number of carbonyl (C=O) groups is 2. The van der Waals surface area contributed by atoms with E-state index in [4.69, 9.17) is 4.52 Å². The monoisotopic (exact) mass is 348 g/mol. The normalized spacial score (nSPS) is 13.8. The zero-order valence-electron chi connectivity index (χ0n) is 13.9. The Morgan fingerprint density at radius 1 is 1.15 bits per heavy atom. The lowest BCUT2D eigenvalue weighted by molar-refractivity contribution is -0.117. The summed E-state index contributed by atoms with van der Waals surface area (Å²) in [6.45, 7) is 0.743. The van der Waals surface area contributed by atoms with Crippen molar-refractivity contribution in [2.24, 2.45) is 0 Å². The summed E-state index contributed by atoms with van der Waals surface area (Å²) in [5.74, 6) is 0.333. The summed E-state index contributed by atoms with van der Waals surface area (Å²) in [6, 6.07) is 14.3. The Hall–Kier alpha value is -3.48. The van der Waals surface area contributed by atoms with Gasteiger partial charge in [0.05, 0.1) is 0 Å². The van der Waals surface area contributed by atoms with Gasteiger partial charge < -0.3 is 14.7 Å². The van der Waals surface area contributed by atoms with Gasteiger partial charge in [0.2, 0.25) is 18.1 Å². The van der Waals surface area contributed by atoms with Crippen LogP contribution in [0.15, 0.2) is 59.4 Å². The summed E-state index contributed by atoms with van der Waals surface area (Å²) in [4.78, 5) is 30.0. The minimum Gasteiger partial charge on any atom is -0.342 e. The summed E-state index contributed by atoms with van der Waals surface area (Å²) in [5, 5.41) is 6.63. The van der Waals surface area contributed by atoms with E-state index >= 15 is 0 Å². The Labute approximate surface area is 149 Å². The third kappa shape index (κ3) is 3.19. The SMILES string of the molecule is O=C(Nc1ccc(N2CCCC2=O)cc1)c1cccc(-c2ncon2)c1. The molecular formula is C19H16N4O3. The second-order valence-corrected chi connectivity index (χ2v) is 5.99. The molecule has 0 bridgehead atoms. The molecule has 2 aromatic carbocycles. The molecule has 1 aromatic heterocycles. The third-order valence-corrected chi connectivity index (χ3v) is 4.25.